The zero-order valence-corrected chi connectivity index (χ0v) is 13.6. The first-order valence-corrected chi connectivity index (χ1v) is 7.93. The summed E-state index contributed by atoms with van der Waals surface area (Å²) in [5.74, 6) is -0.929. The highest BCUT2D eigenvalue weighted by Gasteiger charge is 2.51. The van der Waals surface area contributed by atoms with E-state index in [9.17, 15) is 9.90 Å². The van der Waals surface area contributed by atoms with Gasteiger partial charge in [-0.25, -0.2) is 0 Å². The van der Waals surface area contributed by atoms with Gasteiger partial charge in [-0.1, -0.05) is 42.5 Å². The van der Waals surface area contributed by atoms with E-state index in [0.29, 0.717) is 29.1 Å². The van der Waals surface area contributed by atoms with Crippen LogP contribution in [0.4, 0.5) is 0 Å². The largest absolute Gasteiger partial charge is 0.453 e. The van der Waals surface area contributed by atoms with E-state index < -0.39 is 11.4 Å². The van der Waals surface area contributed by atoms with Crippen molar-refractivity contribution in [3.8, 4) is 5.75 Å². The van der Waals surface area contributed by atoms with Crippen LogP contribution in [0.1, 0.15) is 35.3 Å². The van der Waals surface area contributed by atoms with E-state index in [4.69, 9.17) is 9.47 Å². The van der Waals surface area contributed by atoms with Crippen LogP contribution in [0, 0.1) is 0 Å². The Bertz CT molecular complexity index is 846. The van der Waals surface area contributed by atoms with Crippen LogP contribution in [-0.4, -0.2) is 17.5 Å². The van der Waals surface area contributed by atoms with Gasteiger partial charge < -0.3 is 14.6 Å². The van der Waals surface area contributed by atoms with Crippen LogP contribution in [0.5, 0.6) is 5.75 Å². The molecule has 1 unspecified atom stereocenters. The average Bonchev–Trinajstić information content (AvgIpc) is 3.00. The van der Waals surface area contributed by atoms with E-state index >= 15 is 0 Å². The predicted octanol–water partition coefficient (Wildman–Crippen LogP) is 3.30. The third-order valence-corrected chi connectivity index (χ3v) is 4.49. The first kappa shape index (κ1) is 15.1. The number of Topliss-reactive ketones (excluding diaryl/α,β-unsaturated/α-hetero) is 1. The lowest BCUT2D eigenvalue weighted by Crippen LogP contribution is -2.42. The van der Waals surface area contributed by atoms with Crippen LogP contribution in [0.3, 0.4) is 0 Å². The number of carbonyl (C=O) groups is 1. The fourth-order valence-corrected chi connectivity index (χ4v) is 3.39. The Labute approximate surface area is 140 Å². The van der Waals surface area contributed by atoms with Crippen LogP contribution >= 0.6 is 0 Å². The molecule has 24 heavy (non-hydrogen) atoms. The van der Waals surface area contributed by atoms with Gasteiger partial charge in [-0.05, 0) is 31.6 Å². The molecular formula is C20H18O4. The Morgan fingerprint density at radius 2 is 1.83 bits per heavy atom. The topological polar surface area (TPSA) is 55.8 Å². The summed E-state index contributed by atoms with van der Waals surface area (Å²) in [4.78, 5) is 13.2. The van der Waals surface area contributed by atoms with Gasteiger partial charge in [-0.15, -0.1) is 0 Å². The Morgan fingerprint density at radius 3 is 2.54 bits per heavy atom. The maximum absolute atomic E-state index is 13.2. The second-order valence-corrected chi connectivity index (χ2v) is 6.58. The molecule has 4 rings (SSSR count). The number of carbonyl (C=O) groups excluding carboxylic acids is 1. The van der Waals surface area contributed by atoms with Crippen molar-refractivity contribution in [3.05, 3.63) is 76.9 Å². The summed E-state index contributed by atoms with van der Waals surface area (Å²) in [5.41, 5.74) is 1.07. The first-order valence-electron chi connectivity index (χ1n) is 7.93. The molecule has 0 aromatic heterocycles. The molecule has 0 aliphatic carbocycles. The lowest BCUT2D eigenvalue weighted by molar-refractivity contribution is -0.141. The molecule has 0 spiro atoms. The van der Waals surface area contributed by atoms with Crippen molar-refractivity contribution in [2.75, 3.05) is 6.61 Å². The Hall–Kier alpha value is -2.43. The van der Waals surface area contributed by atoms with Gasteiger partial charge >= 0.3 is 0 Å². The van der Waals surface area contributed by atoms with Crippen molar-refractivity contribution >= 4 is 5.78 Å². The molecule has 2 aromatic rings. The molecule has 2 aromatic carbocycles. The maximum atomic E-state index is 13.2. The minimum absolute atomic E-state index is 0.157. The highest BCUT2D eigenvalue weighted by atomic mass is 16.7. The van der Waals surface area contributed by atoms with E-state index in [1.54, 1.807) is 38.1 Å². The Morgan fingerprint density at radius 1 is 1.08 bits per heavy atom. The SMILES string of the molecule is CC(C)(O)c1cccc2c1C(=O)C1=CCOC1(c1ccccc1)O2. The van der Waals surface area contributed by atoms with Crippen LogP contribution in [0.25, 0.3) is 0 Å². The number of ketones is 1. The molecule has 0 bridgehead atoms. The van der Waals surface area contributed by atoms with Crippen molar-refractivity contribution in [2.24, 2.45) is 0 Å². The third-order valence-electron chi connectivity index (χ3n) is 4.49. The van der Waals surface area contributed by atoms with E-state index in [1.165, 1.54) is 0 Å². The summed E-state index contributed by atoms with van der Waals surface area (Å²) in [6, 6.07) is 14.7. The lowest BCUT2D eigenvalue weighted by Gasteiger charge is -2.37. The van der Waals surface area contributed by atoms with Crippen LogP contribution in [0.2, 0.25) is 0 Å². The number of fused-ring (bicyclic) bond motifs is 2. The average molecular weight is 322 g/mol. The molecule has 4 heteroatoms. The number of ether oxygens (including phenoxy) is 2. The molecule has 2 aliphatic rings. The predicted molar refractivity (Wildman–Crippen MR) is 88.8 cm³/mol. The third kappa shape index (κ3) is 2.04. The van der Waals surface area contributed by atoms with Crippen molar-refractivity contribution in [1.29, 1.82) is 0 Å². The summed E-state index contributed by atoms with van der Waals surface area (Å²) >= 11 is 0. The molecule has 0 amide bonds. The highest BCUT2D eigenvalue weighted by Crippen LogP contribution is 2.48. The van der Waals surface area contributed by atoms with Crippen LogP contribution in [-0.2, 0) is 16.1 Å². The van der Waals surface area contributed by atoms with Gasteiger partial charge in [-0.2, -0.15) is 0 Å². The highest BCUT2D eigenvalue weighted by molar-refractivity contribution is 6.14. The van der Waals surface area contributed by atoms with Gasteiger partial charge in [0.2, 0.25) is 0 Å². The molecule has 122 valence electrons. The van der Waals surface area contributed by atoms with Crippen LogP contribution in [0.15, 0.2) is 60.2 Å². The standard InChI is InChI=1S/C20H18O4/c1-19(2,22)14-9-6-10-16-17(14)18(21)15-11-12-23-20(15,24-16)13-7-4-3-5-8-13/h3-11,22H,12H2,1-2H3. The van der Waals surface area contributed by atoms with E-state index in [0.717, 1.165) is 5.56 Å². The zero-order valence-electron chi connectivity index (χ0n) is 13.6. The van der Waals surface area contributed by atoms with Gasteiger partial charge in [0.05, 0.1) is 23.3 Å². The van der Waals surface area contributed by atoms with Crippen LogP contribution < -0.4 is 4.74 Å². The molecule has 0 fully saturated rings. The van der Waals surface area contributed by atoms with Gasteiger partial charge in [0.1, 0.15) is 5.75 Å². The number of hydrogen-bond donors (Lipinski definition) is 1. The molecule has 4 nitrogen and oxygen atoms in total. The minimum Gasteiger partial charge on any atom is -0.453 e. The van der Waals surface area contributed by atoms with E-state index in [1.807, 2.05) is 30.3 Å². The van der Waals surface area contributed by atoms with Crippen molar-refractivity contribution in [2.45, 2.75) is 25.2 Å². The van der Waals surface area contributed by atoms with Crippen molar-refractivity contribution < 1.29 is 19.4 Å². The number of rotatable bonds is 2. The molecule has 2 aliphatic heterocycles. The second kappa shape index (κ2) is 5.03. The molecule has 0 saturated heterocycles. The molecule has 2 heterocycles. The van der Waals surface area contributed by atoms with Crippen molar-refractivity contribution in [1.82, 2.24) is 0 Å². The van der Waals surface area contributed by atoms with Gasteiger partial charge in [0, 0.05) is 5.56 Å². The lowest BCUT2D eigenvalue weighted by atomic mass is 9.83. The molecular weight excluding hydrogens is 304 g/mol. The number of aliphatic hydroxyl groups is 1. The summed E-state index contributed by atoms with van der Waals surface area (Å²) in [7, 11) is 0. The zero-order chi connectivity index (χ0) is 16.9. The molecule has 0 radical (unpaired) electrons. The quantitative estimate of drug-likeness (QED) is 0.922. The fourth-order valence-electron chi connectivity index (χ4n) is 3.39. The van der Waals surface area contributed by atoms with Gasteiger partial charge in [-0.3, -0.25) is 4.79 Å². The van der Waals surface area contributed by atoms with E-state index in [-0.39, 0.29) is 5.78 Å². The maximum Gasteiger partial charge on any atom is 0.268 e. The summed E-state index contributed by atoms with van der Waals surface area (Å²) in [6.45, 7) is 3.63. The molecule has 1 N–H and O–H groups in total. The summed E-state index contributed by atoms with van der Waals surface area (Å²) in [5, 5.41) is 10.4. The number of benzene rings is 2. The normalized spacial score (nSPS) is 22.5. The molecule has 1 atom stereocenters. The van der Waals surface area contributed by atoms with E-state index in [2.05, 4.69) is 0 Å². The Balaban J connectivity index is 1.94. The first-order chi connectivity index (χ1) is 11.4. The minimum atomic E-state index is -1.20. The number of hydrogen-bond acceptors (Lipinski definition) is 4. The summed E-state index contributed by atoms with van der Waals surface area (Å²) < 4.78 is 12.1. The monoisotopic (exact) mass is 322 g/mol. The molecule has 0 saturated carbocycles. The smallest absolute Gasteiger partial charge is 0.268 e. The second-order valence-electron chi connectivity index (χ2n) is 6.58. The Kier molecular flexibility index (Phi) is 3.17. The summed E-state index contributed by atoms with van der Waals surface area (Å²) in [6.07, 6.45) is 1.76. The van der Waals surface area contributed by atoms with Crippen molar-refractivity contribution in [3.63, 3.8) is 0 Å². The van der Waals surface area contributed by atoms with Gasteiger partial charge in [0.25, 0.3) is 5.79 Å². The fraction of sp³-hybridized carbons (Fsp3) is 0.250. The van der Waals surface area contributed by atoms with Gasteiger partial charge in [0.15, 0.2) is 5.78 Å².